The highest BCUT2D eigenvalue weighted by atomic mass is 32.1. The van der Waals surface area contributed by atoms with E-state index in [1.54, 1.807) is 0 Å². The average Bonchev–Trinajstić information content (AvgIpc) is 2.97. The van der Waals surface area contributed by atoms with Crippen molar-refractivity contribution in [1.82, 2.24) is 4.98 Å². The number of benzene rings is 2. The Morgan fingerprint density at radius 1 is 0.960 bits per heavy atom. The number of amides is 2. The van der Waals surface area contributed by atoms with Crippen molar-refractivity contribution in [3.05, 3.63) is 65.2 Å². The molecule has 0 unspecified atom stereocenters. The van der Waals surface area contributed by atoms with Gasteiger partial charge in [-0.05, 0) is 31.2 Å². The Kier molecular flexibility index (Phi) is 4.90. The van der Waals surface area contributed by atoms with E-state index in [0.717, 1.165) is 21.1 Å². The van der Waals surface area contributed by atoms with Crippen molar-refractivity contribution in [3.63, 3.8) is 0 Å². The van der Waals surface area contributed by atoms with Crippen molar-refractivity contribution in [2.24, 2.45) is 0 Å². The zero-order chi connectivity index (χ0) is 17.8. The van der Waals surface area contributed by atoms with Gasteiger partial charge in [0.1, 0.15) is 10.7 Å². The standard InChI is InChI=1S/C19H17N3O2S/c1-12-17(18(24)21-15-8-4-3-5-9-15)22-19(25-12)14-7-6-10-16(11-14)20-13(2)23/h3-11H,1-2H3,(H,20,23)(H,21,24). The van der Waals surface area contributed by atoms with Crippen molar-refractivity contribution < 1.29 is 9.59 Å². The molecule has 6 heteroatoms. The minimum Gasteiger partial charge on any atom is -0.326 e. The van der Waals surface area contributed by atoms with E-state index in [4.69, 9.17) is 0 Å². The van der Waals surface area contributed by atoms with Crippen molar-refractivity contribution >= 4 is 34.5 Å². The molecular formula is C19H17N3O2S. The van der Waals surface area contributed by atoms with Crippen molar-refractivity contribution in [2.45, 2.75) is 13.8 Å². The number of para-hydroxylation sites is 1. The first-order valence-electron chi connectivity index (χ1n) is 7.75. The minimum atomic E-state index is -0.232. The molecule has 3 rings (SSSR count). The first-order valence-corrected chi connectivity index (χ1v) is 8.56. The molecule has 0 fully saturated rings. The smallest absolute Gasteiger partial charge is 0.275 e. The van der Waals surface area contributed by atoms with Gasteiger partial charge < -0.3 is 10.6 Å². The van der Waals surface area contributed by atoms with E-state index in [1.165, 1.54) is 18.3 Å². The van der Waals surface area contributed by atoms with Crippen LogP contribution in [0, 0.1) is 6.92 Å². The maximum absolute atomic E-state index is 12.5. The van der Waals surface area contributed by atoms with Gasteiger partial charge in [0.2, 0.25) is 5.91 Å². The fourth-order valence-electron chi connectivity index (χ4n) is 2.38. The Morgan fingerprint density at radius 3 is 2.40 bits per heavy atom. The number of hydrogen-bond acceptors (Lipinski definition) is 4. The second-order valence-corrected chi connectivity index (χ2v) is 6.71. The molecule has 3 aromatic rings. The van der Waals surface area contributed by atoms with Crippen LogP contribution in [0.15, 0.2) is 54.6 Å². The van der Waals surface area contributed by atoms with E-state index < -0.39 is 0 Å². The van der Waals surface area contributed by atoms with Crippen LogP contribution in [0.4, 0.5) is 11.4 Å². The summed E-state index contributed by atoms with van der Waals surface area (Å²) in [6, 6.07) is 16.7. The fourth-order valence-corrected chi connectivity index (χ4v) is 3.28. The average molecular weight is 351 g/mol. The number of aromatic nitrogens is 1. The highest BCUT2D eigenvalue weighted by Gasteiger charge is 2.16. The summed E-state index contributed by atoms with van der Waals surface area (Å²) in [7, 11) is 0. The maximum atomic E-state index is 12.5. The Morgan fingerprint density at radius 2 is 1.68 bits per heavy atom. The minimum absolute atomic E-state index is 0.129. The highest BCUT2D eigenvalue weighted by Crippen LogP contribution is 2.29. The predicted octanol–water partition coefficient (Wildman–Crippen LogP) is 4.33. The number of carbonyl (C=O) groups excluding carboxylic acids is 2. The van der Waals surface area contributed by atoms with Crippen LogP contribution in [0.2, 0.25) is 0 Å². The SMILES string of the molecule is CC(=O)Nc1cccc(-c2nc(C(=O)Nc3ccccc3)c(C)s2)c1. The van der Waals surface area contributed by atoms with Crippen LogP contribution >= 0.6 is 11.3 Å². The van der Waals surface area contributed by atoms with E-state index in [9.17, 15) is 9.59 Å². The number of thiazole rings is 1. The van der Waals surface area contributed by atoms with Crippen LogP contribution in [-0.2, 0) is 4.79 Å². The molecule has 1 aromatic heterocycles. The molecule has 2 amide bonds. The molecule has 2 N–H and O–H groups in total. The van der Waals surface area contributed by atoms with Gasteiger partial charge in [0.15, 0.2) is 0 Å². The van der Waals surface area contributed by atoms with E-state index >= 15 is 0 Å². The number of aryl methyl sites for hydroxylation is 1. The van der Waals surface area contributed by atoms with Crippen LogP contribution in [0.1, 0.15) is 22.3 Å². The van der Waals surface area contributed by atoms with Crippen LogP contribution in [0.5, 0.6) is 0 Å². The Labute approximate surface area is 149 Å². The molecule has 0 aliphatic carbocycles. The first-order chi connectivity index (χ1) is 12.0. The first kappa shape index (κ1) is 16.9. The molecule has 0 radical (unpaired) electrons. The van der Waals surface area contributed by atoms with Gasteiger partial charge in [-0.3, -0.25) is 9.59 Å². The van der Waals surface area contributed by atoms with Gasteiger partial charge in [-0.15, -0.1) is 11.3 Å². The lowest BCUT2D eigenvalue weighted by molar-refractivity contribution is -0.114. The molecule has 2 aromatic carbocycles. The number of nitrogens with one attached hydrogen (secondary N) is 2. The quantitative estimate of drug-likeness (QED) is 0.735. The zero-order valence-corrected chi connectivity index (χ0v) is 14.7. The fraction of sp³-hybridized carbons (Fsp3) is 0.105. The van der Waals surface area contributed by atoms with Gasteiger partial charge in [0.05, 0.1) is 0 Å². The topological polar surface area (TPSA) is 71.1 Å². The third-order valence-corrected chi connectivity index (χ3v) is 4.49. The van der Waals surface area contributed by atoms with Crippen LogP contribution < -0.4 is 10.6 Å². The molecule has 126 valence electrons. The lowest BCUT2D eigenvalue weighted by atomic mass is 10.2. The predicted molar refractivity (Wildman–Crippen MR) is 101 cm³/mol. The van der Waals surface area contributed by atoms with E-state index in [-0.39, 0.29) is 11.8 Å². The van der Waals surface area contributed by atoms with Gasteiger partial charge in [-0.25, -0.2) is 4.98 Å². The lowest BCUT2D eigenvalue weighted by Crippen LogP contribution is -2.13. The van der Waals surface area contributed by atoms with E-state index in [2.05, 4.69) is 15.6 Å². The monoisotopic (exact) mass is 351 g/mol. The van der Waals surface area contributed by atoms with Gasteiger partial charge in [-0.2, -0.15) is 0 Å². The maximum Gasteiger partial charge on any atom is 0.275 e. The van der Waals surface area contributed by atoms with Crippen molar-refractivity contribution in [3.8, 4) is 10.6 Å². The molecule has 1 heterocycles. The lowest BCUT2D eigenvalue weighted by Gasteiger charge is -2.04. The van der Waals surface area contributed by atoms with E-state index in [0.29, 0.717) is 11.4 Å². The second-order valence-electron chi connectivity index (χ2n) is 5.51. The molecule has 25 heavy (non-hydrogen) atoms. The van der Waals surface area contributed by atoms with Crippen LogP contribution in [0.25, 0.3) is 10.6 Å². The van der Waals surface area contributed by atoms with Gasteiger partial charge in [0.25, 0.3) is 5.91 Å². The molecule has 5 nitrogen and oxygen atoms in total. The molecule has 0 spiro atoms. The molecule has 0 bridgehead atoms. The molecule has 0 aliphatic heterocycles. The largest absolute Gasteiger partial charge is 0.326 e. The van der Waals surface area contributed by atoms with Gasteiger partial charge in [0, 0.05) is 28.7 Å². The summed E-state index contributed by atoms with van der Waals surface area (Å²) in [6.45, 7) is 3.34. The summed E-state index contributed by atoms with van der Waals surface area (Å²) in [5.41, 5.74) is 2.70. The van der Waals surface area contributed by atoms with E-state index in [1.807, 2.05) is 61.5 Å². The molecule has 0 saturated heterocycles. The summed E-state index contributed by atoms with van der Waals surface area (Å²) >= 11 is 1.45. The summed E-state index contributed by atoms with van der Waals surface area (Å²) in [5, 5.41) is 6.34. The van der Waals surface area contributed by atoms with Crippen molar-refractivity contribution in [1.29, 1.82) is 0 Å². The molecule has 0 aliphatic rings. The number of carbonyl (C=O) groups is 2. The molecular weight excluding hydrogens is 334 g/mol. The summed E-state index contributed by atoms with van der Waals surface area (Å²) < 4.78 is 0. The number of hydrogen-bond donors (Lipinski definition) is 2. The van der Waals surface area contributed by atoms with Crippen LogP contribution in [0.3, 0.4) is 0 Å². The summed E-state index contributed by atoms with van der Waals surface area (Å²) in [4.78, 5) is 29.0. The Balaban J connectivity index is 1.85. The third kappa shape index (κ3) is 4.10. The van der Waals surface area contributed by atoms with Gasteiger partial charge >= 0.3 is 0 Å². The number of anilines is 2. The Bertz CT molecular complexity index is 919. The van der Waals surface area contributed by atoms with Crippen molar-refractivity contribution in [2.75, 3.05) is 10.6 Å². The molecule has 0 atom stereocenters. The normalized spacial score (nSPS) is 10.3. The third-order valence-electron chi connectivity index (χ3n) is 3.47. The highest BCUT2D eigenvalue weighted by molar-refractivity contribution is 7.15. The molecule has 0 saturated carbocycles. The van der Waals surface area contributed by atoms with Gasteiger partial charge in [-0.1, -0.05) is 30.3 Å². The summed E-state index contributed by atoms with van der Waals surface area (Å²) in [5.74, 6) is -0.361. The number of rotatable bonds is 4. The zero-order valence-electron chi connectivity index (χ0n) is 13.9. The second kappa shape index (κ2) is 7.27. The summed E-state index contributed by atoms with van der Waals surface area (Å²) in [6.07, 6.45) is 0. The Hall–Kier alpha value is -2.99. The number of nitrogens with zero attached hydrogens (tertiary/aromatic N) is 1. The van der Waals surface area contributed by atoms with Crippen LogP contribution in [-0.4, -0.2) is 16.8 Å².